The van der Waals surface area contributed by atoms with Gasteiger partial charge in [0.25, 0.3) is 11.8 Å². The monoisotopic (exact) mass is 417 g/mol. The molecule has 0 aliphatic carbocycles. The maximum Gasteiger partial charge on any atom is 0.278 e. The van der Waals surface area contributed by atoms with E-state index >= 15 is 0 Å². The van der Waals surface area contributed by atoms with Crippen molar-refractivity contribution in [3.05, 3.63) is 88.2 Å². The van der Waals surface area contributed by atoms with E-state index in [2.05, 4.69) is 10.6 Å². The molecule has 0 spiro atoms. The Bertz CT molecular complexity index is 1120. The lowest BCUT2D eigenvalue weighted by atomic mass is 10.1. The molecule has 0 radical (unpaired) electrons. The smallest absolute Gasteiger partial charge is 0.278 e. The summed E-state index contributed by atoms with van der Waals surface area (Å²) in [7, 11) is 0. The van der Waals surface area contributed by atoms with E-state index in [9.17, 15) is 14.4 Å². The number of carbonyl (C=O) groups is 3. The third-order valence-corrected chi connectivity index (χ3v) is 5.48. The molecule has 2 aromatic carbocycles. The van der Waals surface area contributed by atoms with Crippen LogP contribution in [0.5, 0.6) is 0 Å². The number of nitrogens with zero attached hydrogens (tertiary/aromatic N) is 1. The number of hydrogen-bond acceptors (Lipinski definition) is 5. The molecule has 1 aromatic heterocycles. The van der Waals surface area contributed by atoms with E-state index in [1.165, 1.54) is 23.2 Å². The van der Waals surface area contributed by atoms with Gasteiger partial charge in [0.1, 0.15) is 5.70 Å². The van der Waals surface area contributed by atoms with Crippen LogP contribution in [-0.4, -0.2) is 22.6 Å². The number of nitrogens with one attached hydrogen (secondary N) is 2. The van der Waals surface area contributed by atoms with Crippen LogP contribution in [0.2, 0.25) is 0 Å². The number of benzene rings is 2. The lowest BCUT2D eigenvalue weighted by Crippen LogP contribution is -2.31. The van der Waals surface area contributed by atoms with Crippen molar-refractivity contribution in [1.29, 1.82) is 0 Å². The maximum atomic E-state index is 13.2. The molecule has 0 unspecified atom stereocenters. The average Bonchev–Trinajstić information content (AvgIpc) is 3.33. The zero-order chi connectivity index (χ0) is 21.1. The Kier molecular flexibility index (Phi) is 5.45. The second kappa shape index (κ2) is 8.34. The highest BCUT2D eigenvalue weighted by Gasteiger charge is 2.39. The molecule has 0 fully saturated rings. The number of imide groups is 1. The third-order valence-electron chi connectivity index (χ3n) is 4.59. The van der Waals surface area contributed by atoms with E-state index in [-0.39, 0.29) is 30.0 Å². The Morgan fingerprint density at radius 1 is 0.900 bits per heavy atom. The molecule has 150 valence electrons. The van der Waals surface area contributed by atoms with Crippen molar-refractivity contribution in [2.45, 2.75) is 13.5 Å². The Labute approximate surface area is 177 Å². The van der Waals surface area contributed by atoms with Gasteiger partial charge in [0.05, 0.1) is 12.1 Å². The van der Waals surface area contributed by atoms with Gasteiger partial charge in [0, 0.05) is 23.2 Å². The van der Waals surface area contributed by atoms with Gasteiger partial charge in [0.2, 0.25) is 5.91 Å². The summed E-state index contributed by atoms with van der Waals surface area (Å²) in [6.07, 6.45) is 0. The van der Waals surface area contributed by atoms with E-state index in [0.29, 0.717) is 16.9 Å². The number of hydrogen-bond donors (Lipinski definition) is 2. The largest absolute Gasteiger partial charge is 0.350 e. The molecule has 4 rings (SSSR count). The summed E-state index contributed by atoms with van der Waals surface area (Å²) in [6, 6.07) is 20.1. The minimum atomic E-state index is -0.363. The topological polar surface area (TPSA) is 78.5 Å². The SMILES string of the molecule is CC(=O)Nc1ccc(NC2=C(c3cccs3)C(=O)N(Cc3ccccc3)C2=O)cc1. The van der Waals surface area contributed by atoms with Crippen molar-refractivity contribution in [3.8, 4) is 0 Å². The van der Waals surface area contributed by atoms with Crippen molar-refractivity contribution in [1.82, 2.24) is 4.90 Å². The lowest BCUT2D eigenvalue weighted by Gasteiger charge is -2.15. The summed E-state index contributed by atoms with van der Waals surface area (Å²) in [6.45, 7) is 1.65. The quantitative estimate of drug-likeness (QED) is 0.592. The molecule has 2 heterocycles. The van der Waals surface area contributed by atoms with Crippen LogP contribution < -0.4 is 10.6 Å². The van der Waals surface area contributed by atoms with Gasteiger partial charge < -0.3 is 10.6 Å². The standard InChI is InChI=1S/C23H19N3O3S/c1-15(27)24-17-9-11-18(12-10-17)25-21-20(19-8-5-13-30-19)22(28)26(23(21)29)14-16-6-3-2-4-7-16/h2-13,25H,14H2,1H3,(H,24,27). The molecule has 1 aliphatic heterocycles. The molecule has 7 heteroatoms. The van der Waals surface area contributed by atoms with Gasteiger partial charge >= 0.3 is 0 Å². The summed E-state index contributed by atoms with van der Waals surface area (Å²) in [5.74, 6) is -0.839. The molecule has 3 amide bonds. The molecule has 0 saturated carbocycles. The van der Waals surface area contributed by atoms with Crippen LogP contribution in [0, 0.1) is 0 Å². The van der Waals surface area contributed by atoms with Crippen LogP contribution >= 0.6 is 11.3 Å². The summed E-state index contributed by atoms with van der Waals surface area (Å²) in [4.78, 5) is 39.5. The highest BCUT2D eigenvalue weighted by Crippen LogP contribution is 2.33. The minimum absolute atomic E-state index is 0.161. The van der Waals surface area contributed by atoms with Crippen molar-refractivity contribution in [2.75, 3.05) is 10.6 Å². The first-order chi connectivity index (χ1) is 14.5. The molecular weight excluding hydrogens is 398 g/mol. The van der Waals surface area contributed by atoms with Crippen molar-refractivity contribution < 1.29 is 14.4 Å². The minimum Gasteiger partial charge on any atom is -0.350 e. The van der Waals surface area contributed by atoms with Crippen LogP contribution in [-0.2, 0) is 20.9 Å². The van der Waals surface area contributed by atoms with E-state index in [1.54, 1.807) is 24.3 Å². The number of thiophene rings is 1. The molecular formula is C23H19N3O3S. The summed E-state index contributed by atoms with van der Waals surface area (Å²) in [5, 5.41) is 7.69. The fourth-order valence-electron chi connectivity index (χ4n) is 3.24. The van der Waals surface area contributed by atoms with E-state index in [1.807, 2.05) is 47.8 Å². The fourth-order valence-corrected chi connectivity index (χ4v) is 4.00. The van der Waals surface area contributed by atoms with Gasteiger partial charge in [-0.1, -0.05) is 36.4 Å². The van der Waals surface area contributed by atoms with E-state index in [4.69, 9.17) is 0 Å². The maximum absolute atomic E-state index is 13.2. The predicted octanol–water partition coefficient (Wildman–Crippen LogP) is 4.10. The lowest BCUT2D eigenvalue weighted by molar-refractivity contribution is -0.137. The normalized spacial score (nSPS) is 13.7. The fraction of sp³-hybridized carbons (Fsp3) is 0.0870. The number of amides is 3. The molecule has 1 aliphatic rings. The van der Waals surface area contributed by atoms with Gasteiger partial charge in [-0.25, -0.2) is 0 Å². The van der Waals surface area contributed by atoms with Crippen molar-refractivity contribution >= 4 is 46.0 Å². The zero-order valence-electron chi connectivity index (χ0n) is 16.2. The Balaban J connectivity index is 1.64. The van der Waals surface area contributed by atoms with Crippen molar-refractivity contribution in [3.63, 3.8) is 0 Å². The second-order valence-electron chi connectivity index (χ2n) is 6.79. The van der Waals surface area contributed by atoms with Crippen LogP contribution in [0.25, 0.3) is 5.57 Å². The zero-order valence-corrected chi connectivity index (χ0v) is 17.0. The highest BCUT2D eigenvalue weighted by molar-refractivity contribution is 7.11. The number of anilines is 2. The average molecular weight is 417 g/mol. The van der Waals surface area contributed by atoms with E-state index in [0.717, 1.165) is 10.4 Å². The van der Waals surface area contributed by atoms with Gasteiger partial charge in [0.15, 0.2) is 0 Å². The molecule has 30 heavy (non-hydrogen) atoms. The molecule has 0 bridgehead atoms. The molecule has 3 aromatic rings. The van der Waals surface area contributed by atoms with Gasteiger partial charge in [-0.15, -0.1) is 11.3 Å². The first kappa shape index (κ1) is 19.6. The van der Waals surface area contributed by atoms with Crippen LogP contribution in [0.4, 0.5) is 11.4 Å². The summed E-state index contributed by atoms with van der Waals surface area (Å²) in [5.41, 5.74) is 2.81. The van der Waals surface area contributed by atoms with Crippen LogP contribution in [0.15, 0.2) is 77.8 Å². The Hall–Kier alpha value is -3.71. The Morgan fingerprint density at radius 3 is 2.23 bits per heavy atom. The number of rotatable bonds is 6. The van der Waals surface area contributed by atoms with Crippen LogP contribution in [0.3, 0.4) is 0 Å². The molecule has 0 atom stereocenters. The third kappa shape index (κ3) is 4.01. The molecule has 0 saturated heterocycles. The van der Waals surface area contributed by atoms with Crippen LogP contribution in [0.1, 0.15) is 17.4 Å². The first-order valence-corrected chi connectivity index (χ1v) is 10.2. The van der Waals surface area contributed by atoms with E-state index < -0.39 is 0 Å². The Morgan fingerprint density at radius 2 is 1.60 bits per heavy atom. The first-order valence-electron chi connectivity index (χ1n) is 9.36. The highest BCUT2D eigenvalue weighted by atomic mass is 32.1. The second-order valence-corrected chi connectivity index (χ2v) is 7.74. The van der Waals surface area contributed by atoms with Gasteiger partial charge in [-0.05, 0) is 41.3 Å². The van der Waals surface area contributed by atoms with Crippen molar-refractivity contribution in [2.24, 2.45) is 0 Å². The predicted molar refractivity (Wildman–Crippen MR) is 118 cm³/mol. The number of carbonyl (C=O) groups excluding carboxylic acids is 3. The summed E-state index contributed by atoms with van der Waals surface area (Å²) >= 11 is 1.41. The van der Waals surface area contributed by atoms with Gasteiger partial charge in [-0.3, -0.25) is 19.3 Å². The van der Waals surface area contributed by atoms with Gasteiger partial charge in [-0.2, -0.15) is 0 Å². The molecule has 6 nitrogen and oxygen atoms in total. The summed E-state index contributed by atoms with van der Waals surface area (Å²) < 4.78 is 0. The molecule has 2 N–H and O–H groups in total.